The molecule has 0 radical (unpaired) electrons. The number of carbonyl (C=O) groups is 1. The third kappa shape index (κ3) is 1.42. The SMILES string of the molecule is COc1[nH]c2ccccc2c(=O)c1C(=O)O. The lowest BCUT2D eigenvalue weighted by Crippen LogP contribution is -2.17. The average Bonchev–Trinajstić information content (AvgIpc) is 2.28. The first-order valence-electron chi connectivity index (χ1n) is 4.57. The molecule has 0 saturated heterocycles. The molecular weight excluding hydrogens is 210 g/mol. The number of nitrogens with one attached hydrogen (secondary N) is 1. The third-order valence-corrected chi connectivity index (χ3v) is 2.29. The highest BCUT2D eigenvalue weighted by molar-refractivity contribution is 5.95. The minimum Gasteiger partial charge on any atom is -0.482 e. The van der Waals surface area contributed by atoms with Crippen LogP contribution in [0.2, 0.25) is 0 Å². The molecular formula is C11H9NO4. The van der Waals surface area contributed by atoms with Crippen LogP contribution in [-0.4, -0.2) is 23.2 Å². The van der Waals surface area contributed by atoms with Gasteiger partial charge in [0.05, 0.1) is 12.6 Å². The highest BCUT2D eigenvalue weighted by Gasteiger charge is 2.18. The highest BCUT2D eigenvalue weighted by atomic mass is 16.5. The monoisotopic (exact) mass is 219 g/mol. The van der Waals surface area contributed by atoms with Crippen LogP contribution in [0.4, 0.5) is 0 Å². The van der Waals surface area contributed by atoms with Gasteiger partial charge in [0.15, 0.2) is 5.56 Å². The molecule has 0 aliphatic carbocycles. The molecule has 2 N–H and O–H groups in total. The summed E-state index contributed by atoms with van der Waals surface area (Å²) in [4.78, 5) is 25.6. The molecule has 1 aromatic carbocycles. The number of pyridine rings is 1. The Balaban J connectivity index is 2.94. The summed E-state index contributed by atoms with van der Waals surface area (Å²) in [6.07, 6.45) is 0. The number of aromatic amines is 1. The van der Waals surface area contributed by atoms with Gasteiger partial charge < -0.3 is 14.8 Å². The Morgan fingerprint density at radius 1 is 1.38 bits per heavy atom. The summed E-state index contributed by atoms with van der Waals surface area (Å²) in [5.41, 5.74) is -0.366. The van der Waals surface area contributed by atoms with E-state index < -0.39 is 11.4 Å². The predicted molar refractivity (Wildman–Crippen MR) is 58.1 cm³/mol. The molecule has 82 valence electrons. The predicted octanol–water partition coefficient (Wildman–Crippen LogP) is 1.23. The summed E-state index contributed by atoms with van der Waals surface area (Å²) >= 11 is 0. The minimum absolute atomic E-state index is 0.0313. The fourth-order valence-electron chi connectivity index (χ4n) is 1.56. The molecule has 16 heavy (non-hydrogen) atoms. The molecule has 0 bridgehead atoms. The van der Waals surface area contributed by atoms with Gasteiger partial charge in [-0.2, -0.15) is 0 Å². The lowest BCUT2D eigenvalue weighted by Gasteiger charge is -2.06. The van der Waals surface area contributed by atoms with E-state index in [9.17, 15) is 9.59 Å². The number of aromatic nitrogens is 1. The van der Waals surface area contributed by atoms with Crippen molar-refractivity contribution >= 4 is 16.9 Å². The van der Waals surface area contributed by atoms with Crippen LogP contribution in [-0.2, 0) is 0 Å². The van der Waals surface area contributed by atoms with Crippen molar-refractivity contribution in [3.8, 4) is 5.88 Å². The molecule has 0 aliphatic heterocycles. The summed E-state index contributed by atoms with van der Waals surface area (Å²) in [6.45, 7) is 0. The molecule has 0 fully saturated rings. The number of para-hydroxylation sites is 1. The summed E-state index contributed by atoms with van der Waals surface area (Å²) < 4.78 is 4.86. The van der Waals surface area contributed by atoms with Gasteiger partial charge in [-0.05, 0) is 12.1 Å². The fourth-order valence-corrected chi connectivity index (χ4v) is 1.56. The number of aromatic carboxylic acids is 1. The smallest absolute Gasteiger partial charge is 0.345 e. The van der Waals surface area contributed by atoms with Gasteiger partial charge in [0, 0.05) is 5.39 Å². The van der Waals surface area contributed by atoms with Crippen LogP contribution < -0.4 is 10.2 Å². The van der Waals surface area contributed by atoms with Gasteiger partial charge in [0.2, 0.25) is 11.3 Å². The van der Waals surface area contributed by atoms with Crippen LogP contribution in [0.5, 0.6) is 5.88 Å². The average molecular weight is 219 g/mol. The molecule has 1 aromatic heterocycles. The maximum atomic E-state index is 11.9. The normalized spacial score (nSPS) is 10.3. The van der Waals surface area contributed by atoms with E-state index in [1.807, 2.05) is 0 Å². The Labute approximate surface area is 90.3 Å². The van der Waals surface area contributed by atoms with Crippen molar-refractivity contribution in [2.24, 2.45) is 0 Å². The van der Waals surface area contributed by atoms with Gasteiger partial charge in [-0.25, -0.2) is 4.79 Å². The molecule has 2 aromatic rings. The Hall–Kier alpha value is -2.30. The summed E-state index contributed by atoms with van der Waals surface area (Å²) in [7, 11) is 1.31. The quantitative estimate of drug-likeness (QED) is 0.796. The van der Waals surface area contributed by atoms with E-state index in [0.717, 1.165) is 0 Å². The van der Waals surface area contributed by atoms with E-state index in [1.165, 1.54) is 7.11 Å². The number of hydrogen-bond donors (Lipinski definition) is 2. The maximum absolute atomic E-state index is 11.9. The highest BCUT2D eigenvalue weighted by Crippen LogP contribution is 2.16. The van der Waals surface area contributed by atoms with Crippen molar-refractivity contribution in [2.45, 2.75) is 0 Å². The molecule has 0 amide bonds. The maximum Gasteiger partial charge on any atom is 0.345 e. The number of ether oxygens (including phenoxy) is 1. The molecule has 2 rings (SSSR count). The van der Waals surface area contributed by atoms with Crippen molar-refractivity contribution in [2.75, 3.05) is 7.11 Å². The Morgan fingerprint density at radius 3 is 2.69 bits per heavy atom. The number of H-pyrrole nitrogens is 1. The topological polar surface area (TPSA) is 79.4 Å². The van der Waals surface area contributed by atoms with Crippen molar-refractivity contribution in [1.29, 1.82) is 0 Å². The van der Waals surface area contributed by atoms with E-state index in [2.05, 4.69) is 4.98 Å². The van der Waals surface area contributed by atoms with Crippen LogP contribution >= 0.6 is 0 Å². The van der Waals surface area contributed by atoms with Crippen LogP contribution in [0.1, 0.15) is 10.4 Å². The summed E-state index contributed by atoms with van der Waals surface area (Å²) in [5, 5.41) is 9.27. The first kappa shape index (κ1) is 10.2. The molecule has 0 aliphatic rings. The second kappa shape index (κ2) is 3.69. The van der Waals surface area contributed by atoms with Crippen LogP contribution in [0.25, 0.3) is 10.9 Å². The second-order valence-electron chi connectivity index (χ2n) is 3.21. The lowest BCUT2D eigenvalue weighted by atomic mass is 10.1. The number of carboxylic acids is 1. The van der Waals surface area contributed by atoms with Gasteiger partial charge in [-0.1, -0.05) is 12.1 Å². The fraction of sp³-hybridized carbons (Fsp3) is 0.0909. The lowest BCUT2D eigenvalue weighted by molar-refractivity contribution is 0.0691. The number of benzene rings is 1. The standard InChI is InChI=1S/C11H9NO4/c1-16-10-8(11(14)15)9(13)6-4-2-3-5-7(6)12-10/h2-5H,1H3,(H,12,13)(H,14,15). The largest absolute Gasteiger partial charge is 0.482 e. The number of hydrogen-bond acceptors (Lipinski definition) is 3. The van der Waals surface area contributed by atoms with E-state index in [1.54, 1.807) is 24.3 Å². The van der Waals surface area contributed by atoms with E-state index in [0.29, 0.717) is 10.9 Å². The molecule has 5 nitrogen and oxygen atoms in total. The Kier molecular flexibility index (Phi) is 2.36. The third-order valence-electron chi connectivity index (χ3n) is 2.29. The van der Waals surface area contributed by atoms with Crippen LogP contribution in [0.3, 0.4) is 0 Å². The zero-order valence-corrected chi connectivity index (χ0v) is 8.48. The second-order valence-corrected chi connectivity index (χ2v) is 3.21. The Morgan fingerprint density at radius 2 is 2.06 bits per heavy atom. The molecule has 0 unspecified atom stereocenters. The summed E-state index contributed by atoms with van der Waals surface area (Å²) in [5.74, 6) is -1.33. The van der Waals surface area contributed by atoms with Gasteiger partial charge in [0.25, 0.3) is 0 Å². The Bertz CT molecular complexity index is 615. The van der Waals surface area contributed by atoms with Crippen LogP contribution in [0.15, 0.2) is 29.1 Å². The van der Waals surface area contributed by atoms with Crippen molar-refractivity contribution in [1.82, 2.24) is 4.98 Å². The molecule has 5 heteroatoms. The number of carboxylic acid groups (broad SMARTS) is 1. The number of fused-ring (bicyclic) bond motifs is 1. The zero-order chi connectivity index (χ0) is 11.7. The van der Waals surface area contributed by atoms with E-state index in [4.69, 9.17) is 9.84 Å². The van der Waals surface area contributed by atoms with Gasteiger partial charge in [-0.3, -0.25) is 4.79 Å². The molecule has 0 atom stereocenters. The van der Waals surface area contributed by atoms with E-state index >= 15 is 0 Å². The first-order valence-corrected chi connectivity index (χ1v) is 4.57. The van der Waals surface area contributed by atoms with Gasteiger partial charge in [0.1, 0.15) is 0 Å². The molecule has 0 spiro atoms. The first-order chi connectivity index (χ1) is 7.65. The minimum atomic E-state index is -1.30. The number of rotatable bonds is 2. The van der Waals surface area contributed by atoms with Crippen LogP contribution in [0, 0.1) is 0 Å². The van der Waals surface area contributed by atoms with Crippen molar-refractivity contribution in [3.05, 3.63) is 40.1 Å². The zero-order valence-electron chi connectivity index (χ0n) is 8.48. The van der Waals surface area contributed by atoms with Gasteiger partial charge in [-0.15, -0.1) is 0 Å². The molecule has 1 heterocycles. The number of methoxy groups -OCH3 is 1. The van der Waals surface area contributed by atoms with Crippen molar-refractivity contribution < 1.29 is 14.6 Å². The van der Waals surface area contributed by atoms with Gasteiger partial charge >= 0.3 is 5.97 Å². The van der Waals surface area contributed by atoms with Crippen molar-refractivity contribution in [3.63, 3.8) is 0 Å². The van der Waals surface area contributed by atoms with E-state index in [-0.39, 0.29) is 11.4 Å². The summed E-state index contributed by atoms with van der Waals surface area (Å²) in [6, 6.07) is 6.68. The molecule has 0 saturated carbocycles.